The summed E-state index contributed by atoms with van der Waals surface area (Å²) in [4.78, 5) is 35.9. The molecule has 2 aliphatic carbocycles. The van der Waals surface area contributed by atoms with Crippen LogP contribution in [0.4, 0.5) is 0 Å². The first kappa shape index (κ1) is 34.2. The van der Waals surface area contributed by atoms with E-state index in [0.717, 1.165) is 6.08 Å². The summed E-state index contributed by atoms with van der Waals surface area (Å²) < 4.78 is 29.2. The average molecular weight is 705 g/mol. The number of methoxy groups -OCH3 is 1. The summed E-state index contributed by atoms with van der Waals surface area (Å²) in [6.45, 7) is -0.591. The van der Waals surface area contributed by atoms with Gasteiger partial charge in [0.25, 0.3) is 5.79 Å². The van der Waals surface area contributed by atoms with Crippen LogP contribution in [0.25, 0.3) is 6.08 Å². The zero-order chi connectivity index (χ0) is 34.7. The Bertz CT molecular complexity index is 1590. The fraction of sp³-hybridized carbons (Fsp3) is 0.529. The SMILES string of the molecule is COC1(c2ccc(/C=C/C(=O)O)c(OCc3ccc(OC4OC(CO)C(O)C(O)C4O)cc3)c2Cl)OOC12C1CC3CC2CC(C1)C(=O)O3. The number of fused-ring (bicyclic) bond motifs is 1. The lowest BCUT2D eigenvalue weighted by atomic mass is 9.54. The van der Waals surface area contributed by atoms with Gasteiger partial charge in [0, 0.05) is 36.1 Å². The van der Waals surface area contributed by atoms with Gasteiger partial charge in [-0.15, -0.1) is 0 Å². The predicted octanol–water partition coefficient (Wildman–Crippen LogP) is 2.06. The van der Waals surface area contributed by atoms with Crippen molar-refractivity contribution in [2.24, 2.45) is 17.8 Å². The van der Waals surface area contributed by atoms with Crippen molar-refractivity contribution in [2.45, 2.75) is 80.5 Å². The summed E-state index contributed by atoms with van der Waals surface area (Å²) in [6.07, 6.45) is -2.64. The molecule has 15 heteroatoms. The Morgan fingerprint density at radius 3 is 2.33 bits per heavy atom. The first-order chi connectivity index (χ1) is 23.5. The van der Waals surface area contributed by atoms with Gasteiger partial charge in [0.1, 0.15) is 48.6 Å². The van der Waals surface area contributed by atoms with Gasteiger partial charge in [-0.1, -0.05) is 35.9 Å². The molecular formula is C34H37ClO14. The Balaban J connectivity index is 1.14. The molecule has 264 valence electrons. The van der Waals surface area contributed by atoms with Crippen LogP contribution in [0.2, 0.25) is 5.02 Å². The maximum atomic E-state index is 12.6. The van der Waals surface area contributed by atoms with Crippen molar-refractivity contribution < 1.29 is 68.6 Å². The van der Waals surface area contributed by atoms with E-state index in [1.54, 1.807) is 36.4 Å². The van der Waals surface area contributed by atoms with Gasteiger partial charge in [0.2, 0.25) is 6.29 Å². The number of benzene rings is 2. The van der Waals surface area contributed by atoms with Crippen molar-refractivity contribution in [3.63, 3.8) is 0 Å². The monoisotopic (exact) mass is 704 g/mol. The number of carboxylic acid groups (broad SMARTS) is 1. The summed E-state index contributed by atoms with van der Waals surface area (Å²) in [5.41, 5.74) is 0.560. The minimum absolute atomic E-state index is 0.00600. The van der Waals surface area contributed by atoms with E-state index in [2.05, 4.69) is 0 Å². The molecule has 5 N–H and O–H groups in total. The smallest absolute Gasteiger partial charge is 0.328 e. The van der Waals surface area contributed by atoms with Crippen LogP contribution in [-0.2, 0) is 46.0 Å². The van der Waals surface area contributed by atoms with Crippen molar-refractivity contribution in [2.75, 3.05) is 13.7 Å². The Kier molecular flexibility index (Phi) is 9.13. The quantitative estimate of drug-likeness (QED) is 0.137. The molecule has 4 bridgehead atoms. The maximum Gasteiger partial charge on any atom is 0.328 e. The second-order valence-electron chi connectivity index (χ2n) is 13.1. The number of aliphatic hydroxyl groups excluding tert-OH is 4. The molecule has 2 aromatic rings. The number of hydrogen-bond acceptors (Lipinski definition) is 13. The van der Waals surface area contributed by atoms with Crippen molar-refractivity contribution in [3.05, 3.63) is 64.2 Å². The van der Waals surface area contributed by atoms with Crippen molar-refractivity contribution in [1.82, 2.24) is 0 Å². The summed E-state index contributed by atoms with van der Waals surface area (Å²) in [5.74, 6) is -2.75. The molecule has 6 fully saturated rings. The van der Waals surface area contributed by atoms with Gasteiger partial charge in [0.05, 0.1) is 17.5 Å². The molecule has 8 rings (SSSR count). The highest BCUT2D eigenvalue weighted by Crippen LogP contribution is 2.67. The number of ether oxygens (including phenoxy) is 5. The van der Waals surface area contributed by atoms with E-state index in [-0.39, 0.29) is 53.0 Å². The van der Waals surface area contributed by atoms with Crippen molar-refractivity contribution in [1.29, 1.82) is 0 Å². The van der Waals surface area contributed by atoms with Gasteiger partial charge in [0.15, 0.2) is 5.60 Å². The second-order valence-corrected chi connectivity index (χ2v) is 13.5. The lowest BCUT2D eigenvalue weighted by Crippen LogP contribution is -2.75. The molecule has 4 aliphatic heterocycles. The Morgan fingerprint density at radius 2 is 1.71 bits per heavy atom. The average Bonchev–Trinajstić information content (AvgIpc) is 3.28. The van der Waals surface area contributed by atoms with Gasteiger partial charge in [-0.25, -0.2) is 9.68 Å². The first-order valence-electron chi connectivity index (χ1n) is 16.1. The highest BCUT2D eigenvalue weighted by molar-refractivity contribution is 6.33. The Morgan fingerprint density at radius 1 is 1.00 bits per heavy atom. The molecule has 2 saturated carbocycles. The molecule has 4 saturated heterocycles. The third-order valence-electron chi connectivity index (χ3n) is 10.5. The third-order valence-corrected chi connectivity index (χ3v) is 10.8. The lowest BCUT2D eigenvalue weighted by molar-refractivity contribution is -0.643. The van der Waals surface area contributed by atoms with Crippen LogP contribution >= 0.6 is 11.6 Å². The van der Waals surface area contributed by atoms with Crippen LogP contribution in [-0.4, -0.2) is 93.6 Å². The van der Waals surface area contributed by atoms with Crippen LogP contribution < -0.4 is 9.47 Å². The van der Waals surface area contributed by atoms with Crippen LogP contribution in [0, 0.1) is 17.8 Å². The van der Waals surface area contributed by atoms with E-state index < -0.39 is 54.7 Å². The van der Waals surface area contributed by atoms with Gasteiger partial charge >= 0.3 is 11.9 Å². The summed E-state index contributed by atoms with van der Waals surface area (Å²) in [5, 5.41) is 49.3. The van der Waals surface area contributed by atoms with E-state index in [1.165, 1.54) is 13.2 Å². The topological polar surface area (TPSA) is 200 Å². The van der Waals surface area contributed by atoms with Crippen molar-refractivity contribution >= 4 is 29.6 Å². The van der Waals surface area contributed by atoms with E-state index in [1.807, 2.05) is 0 Å². The lowest BCUT2D eigenvalue weighted by Gasteiger charge is -2.64. The number of aliphatic hydroxyl groups is 4. The van der Waals surface area contributed by atoms with Crippen LogP contribution in [0.5, 0.6) is 11.5 Å². The minimum atomic E-state index is -1.58. The molecule has 6 aliphatic rings. The normalized spacial score (nSPS) is 37.9. The van der Waals surface area contributed by atoms with E-state index >= 15 is 0 Å². The summed E-state index contributed by atoms with van der Waals surface area (Å²) in [7, 11) is 1.51. The number of rotatable bonds is 10. The fourth-order valence-corrected chi connectivity index (χ4v) is 8.47. The van der Waals surface area contributed by atoms with Crippen LogP contribution in [0.15, 0.2) is 42.5 Å². The molecule has 14 nitrogen and oxygen atoms in total. The number of carboxylic acids is 1. The number of carbonyl (C=O) groups excluding carboxylic acids is 1. The minimum Gasteiger partial charge on any atom is -0.487 e. The van der Waals surface area contributed by atoms with Gasteiger partial charge < -0.3 is 49.2 Å². The zero-order valence-corrected chi connectivity index (χ0v) is 27.1. The number of halogens is 1. The fourth-order valence-electron chi connectivity index (χ4n) is 8.12. The number of carbonyl (C=O) groups is 2. The van der Waals surface area contributed by atoms with E-state index in [0.29, 0.717) is 42.4 Å². The number of aliphatic carboxylic acids is 1. The molecule has 49 heavy (non-hydrogen) atoms. The molecule has 2 aromatic carbocycles. The third kappa shape index (κ3) is 5.59. The highest BCUT2D eigenvalue weighted by atomic mass is 35.5. The largest absolute Gasteiger partial charge is 0.487 e. The van der Waals surface area contributed by atoms with Crippen LogP contribution in [0.1, 0.15) is 42.4 Å². The van der Waals surface area contributed by atoms with E-state index in [4.69, 9.17) is 45.1 Å². The highest BCUT2D eigenvalue weighted by Gasteiger charge is 2.77. The molecule has 1 spiro atoms. The first-order valence-corrected chi connectivity index (χ1v) is 16.4. The second kappa shape index (κ2) is 13.1. The molecular weight excluding hydrogens is 668 g/mol. The standard InChI is InChI=1S/C34H37ClO14/c1-43-34(33(48-49-34)19-10-18-11-20(33)13-22(12-19)45-31(18)42)23-8-4-17(5-9-25(37)38)30(26(23)35)44-15-16-2-6-21(7-3-16)46-32-29(41)28(40)27(39)24(14-36)47-32/h2-9,18-20,22,24,27-29,32,36,39-41H,10-15H2,1H3,(H,37,38)/b9-5+. The van der Waals surface area contributed by atoms with Crippen molar-refractivity contribution in [3.8, 4) is 11.5 Å². The molecule has 0 radical (unpaired) electrons. The van der Waals surface area contributed by atoms with E-state index in [9.17, 15) is 35.1 Å². The molecule has 8 atom stereocenters. The predicted molar refractivity (Wildman–Crippen MR) is 166 cm³/mol. The van der Waals surface area contributed by atoms with Gasteiger partial charge in [-0.2, -0.15) is 4.89 Å². The molecule has 0 aromatic heterocycles. The number of esters is 1. The van der Waals surface area contributed by atoms with Gasteiger partial charge in [-0.3, -0.25) is 4.79 Å². The van der Waals surface area contributed by atoms with Gasteiger partial charge in [-0.05, 0) is 49.5 Å². The molecule has 0 amide bonds. The number of hydrogen-bond donors (Lipinski definition) is 5. The maximum absolute atomic E-state index is 12.6. The van der Waals surface area contributed by atoms with Crippen LogP contribution in [0.3, 0.4) is 0 Å². The molecule has 8 unspecified atom stereocenters. The Hall–Kier alpha value is -3.31. The zero-order valence-electron chi connectivity index (χ0n) is 26.3. The summed E-state index contributed by atoms with van der Waals surface area (Å²) >= 11 is 7.10. The summed E-state index contributed by atoms with van der Waals surface area (Å²) in [6, 6.07) is 9.89. The molecule has 4 heterocycles. The Labute approximate surface area is 285 Å².